The van der Waals surface area contributed by atoms with E-state index in [-0.39, 0.29) is 0 Å². The first kappa shape index (κ1) is 12.3. The fourth-order valence-corrected chi connectivity index (χ4v) is 2.69. The third-order valence-corrected chi connectivity index (χ3v) is 3.84. The zero-order chi connectivity index (χ0) is 12.3. The van der Waals surface area contributed by atoms with E-state index in [2.05, 4.69) is 6.92 Å². The van der Waals surface area contributed by atoms with Crippen molar-refractivity contribution in [3.8, 4) is 5.75 Å². The van der Waals surface area contributed by atoms with Gasteiger partial charge in [-0.15, -0.1) is 0 Å². The number of aryl methyl sites for hydroxylation is 1. The molecule has 0 spiro atoms. The number of benzene rings is 2. The van der Waals surface area contributed by atoms with Crippen LogP contribution in [0.4, 0.5) is 0 Å². The second-order valence-electron chi connectivity index (χ2n) is 3.70. The molecular weight excluding hydrogens is 252 g/mol. The fourth-order valence-electron chi connectivity index (χ4n) is 1.57. The van der Waals surface area contributed by atoms with Crippen LogP contribution in [0.15, 0.2) is 52.3 Å². The minimum atomic E-state index is 0.322. The van der Waals surface area contributed by atoms with Crippen molar-refractivity contribution in [3.63, 3.8) is 0 Å². The molecule has 0 unspecified atom stereocenters. The molecule has 1 nitrogen and oxygen atoms in total. The molecule has 0 aromatic heterocycles. The van der Waals surface area contributed by atoms with Crippen molar-refractivity contribution >= 4 is 23.4 Å². The number of phenols is 1. The number of hydrogen-bond acceptors (Lipinski definition) is 2. The molecular formula is C14H13ClOS. The molecule has 0 amide bonds. The summed E-state index contributed by atoms with van der Waals surface area (Å²) in [6.07, 6.45) is 0.907. The highest BCUT2D eigenvalue weighted by Crippen LogP contribution is 2.33. The molecule has 2 aromatic carbocycles. The summed E-state index contributed by atoms with van der Waals surface area (Å²) in [6, 6.07) is 13.3. The quantitative estimate of drug-likeness (QED) is 0.863. The van der Waals surface area contributed by atoms with E-state index < -0.39 is 0 Å². The maximum absolute atomic E-state index is 9.44. The first-order chi connectivity index (χ1) is 8.19. The lowest BCUT2D eigenvalue weighted by Crippen LogP contribution is -1.84. The highest BCUT2D eigenvalue weighted by Gasteiger charge is 2.04. The van der Waals surface area contributed by atoms with Crippen LogP contribution in [0.25, 0.3) is 0 Å². The molecule has 0 radical (unpaired) electrons. The van der Waals surface area contributed by atoms with Crippen molar-refractivity contribution in [3.05, 3.63) is 53.1 Å². The van der Waals surface area contributed by atoms with Crippen molar-refractivity contribution in [1.82, 2.24) is 0 Å². The van der Waals surface area contributed by atoms with Gasteiger partial charge in [0.1, 0.15) is 5.75 Å². The molecule has 0 aliphatic carbocycles. The Hall–Kier alpha value is -1.12. The van der Waals surface area contributed by atoms with Gasteiger partial charge in [-0.1, -0.05) is 30.3 Å². The maximum atomic E-state index is 9.44. The highest BCUT2D eigenvalue weighted by molar-refractivity contribution is 7.99. The summed E-state index contributed by atoms with van der Waals surface area (Å²) in [4.78, 5) is 2.32. The summed E-state index contributed by atoms with van der Waals surface area (Å²) < 4.78 is 0. The molecule has 88 valence electrons. The largest absolute Gasteiger partial charge is 0.508 e. The van der Waals surface area contributed by atoms with E-state index in [0.29, 0.717) is 5.75 Å². The SMILES string of the molecule is CCc1cc(O)ccc1Sc1ccc(Cl)cc1. The zero-order valence-electron chi connectivity index (χ0n) is 9.48. The van der Waals surface area contributed by atoms with Crippen LogP contribution in [0.3, 0.4) is 0 Å². The zero-order valence-corrected chi connectivity index (χ0v) is 11.1. The van der Waals surface area contributed by atoms with Gasteiger partial charge in [-0.05, 0) is 54.4 Å². The van der Waals surface area contributed by atoms with Gasteiger partial charge in [-0.25, -0.2) is 0 Å². The monoisotopic (exact) mass is 264 g/mol. The molecule has 0 saturated heterocycles. The molecule has 2 rings (SSSR count). The molecule has 0 aliphatic heterocycles. The van der Waals surface area contributed by atoms with Gasteiger partial charge in [-0.2, -0.15) is 0 Å². The molecule has 0 bridgehead atoms. The summed E-state index contributed by atoms with van der Waals surface area (Å²) in [7, 11) is 0. The Labute approximate surface area is 110 Å². The maximum Gasteiger partial charge on any atom is 0.115 e. The third kappa shape index (κ3) is 3.18. The molecule has 0 saturated carbocycles. The van der Waals surface area contributed by atoms with E-state index in [1.165, 1.54) is 4.90 Å². The predicted octanol–water partition coefficient (Wildman–Crippen LogP) is 4.76. The summed E-state index contributed by atoms with van der Waals surface area (Å²) in [5.74, 6) is 0.322. The number of rotatable bonds is 3. The molecule has 2 aromatic rings. The molecule has 0 heterocycles. The average Bonchev–Trinajstić information content (AvgIpc) is 2.34. The van der Waals surface area contributed by atoms with Crippen molar-refractivity contribution in [2.24, 2.45) is 0 Å². The highest BCUT2D eigenvalue weighted by atomic mass is 35.5. The van der Waals surface area contributed by atoms with Gasteiger partial charge in [-0.3, -0.25) is 0 Å². The van der Waals surface area contributed by atoms with E-state index in [0.717, 1.165) is 21.9 Å². The second-order valence-corrected chi connectivity index (χ2v) is 5.25. The predicted molar refractivity (Wildman–Crippen MR) is 73.1 cm³/mol. The van der Waals surface area contributed by atoms with Gasteiger partial charge in [0.15, 0.2) is 0 Å². The number of phenolic OH excluding ortho intramolecular Hbond substituents is 1. The molecule has 0 atom stereocenters. The van der Waals surface area contributed by atoms with E-state index in [4.69, 9.17) is 11.6 Å². The van der Waals surface area contributed by atoms with Crippen LogP contribution >= 0.6 is 23.4 Å². The Kier molecular flexibility index (Phi) is 3.97. The van der Waals surface area contributed by atoms with Crippen LogP contribution in [0.1, 0.15) is 12.5 Å². The molecule has 1 N–H and O–H groups in total. The lowest BCUT2D eigenvalue weighted by atomic mass is 10.2. The summed E-state index contributed by atoms with van der Waals surface area (Å²) in [5, 5.41) is 10.2. The van der Waals surface area contributed by atoms with Crippen molar-refractivity contribution < 1.29 is 5.11 Å². The smallest absolute Gasteiger partial charge is 0.115 e. The molecule has 17 heavy (non-hydrogen) atoms. The summed E-state index contributed by atoms with van der Waals surface area (Å²) in [5.41, 5.74) is 1.16. The lowest BCUT2D eigenvalue weighted by molar-refractivity contribution is 0.474. The van der Waals surface area contributed by atoms with E-state index in [1.807, 2.05) is 36.4 Å². The first-order valence-corrected chi connectivity index (χ1v) is 6.64. The normalized spacial score (nSPS) is 10.5. The third-order valence-electron chi connectivity index (χ3n) is 2.47. The Morgan fingerprint density at radius 3 is 2.47 bits per heavy atom. The van der Waals surface area contributed by atoms with Gasteiger partial charge in [0.25, 0.3) is 0 Å². The standard InChI is InChI=1S/C14H13ClOS/c1-2-10-9-12(16)5-8-14(10)17-13-6-3-11(15)4-7-13/h3-9,16H,2H2,1H3. The van der Waals surface area contributed by atoms with Gasteiger partial charge < -0.3 is 5.11 Å². The van der Waals surface area contributed by atoms with E-state index in [9.17, 15) is 5.11 Å². The number of aromatic hydroxyl groups is 1. The minimum Gasteiger partial charge on any atom is -0.508 e. The average molecular weight is 265 g/mol. The van der Waals surface area contributed by atoms with E-state index in [1.54, 1.807) is 17.8 Å². The number of halogens is 1. The summed E-state index contributed by atoms with van der Waals surface area (Å²) >= 11 is 7.54. The topological polar surface area (TPSA) is 20.2 Å². The molecule has 0 fully saturated rings. The van der Waals surface area contributed by atoms with Gasteiger partial charge in [0.05, 0.1) is 0 Å². The fraction of sp³-hybridized carbons (Fsp3) is 0.143. The van der Waals surface area contributed by atoms with E-state index >= 15 is 0 Å². The Bertz CT molecular complexity index is 508. The van der Waals surface area contributed by atoms with Gasteiger partial charge in [0, 0.05) is 14.8 Å². The van der Waals surface area contributed by atoms with Crippen LogP contribution in [0, 0.1) is 0 Å². The lowest BCUT2D eigenvalue weighted by Gasteiger charge is -2.08. The van der Waals surface area contributed by atoms with Gasteiger partial charge >= 0.3 is 0 Å². The van der Waals surface area contributed by atoms with Crippen LogP contribution in [0.5, 0.6) is 5.75 Å². The van der Waals surface area contributed by atoms with Crippen molar-refractivity contribution in [1.29, 1.82) is 0 Å². The summed E-state index contributed by atoms with van der Waals surface area (Å²) in [6.45, 7) is 2.08. The van der Waals surface area contributed by atoms with Crippen LogP contribution in [-0.2, 0) is 6.42 Å². The van der Waals surface area contributed by atoms with Crippen molar-refractivity contribution in [2.45, 2.75) is 23.1 Å². The Morgan fingerprint density at radius 2 is 1.82 bits per heavy atom. The Morgan fingerprint density at radius 1 is 1.12 bits per heavy atom. The van der Waals surface area contributed by atoms with Crippen molar-refractivity contribution in [2.75, 3.05) is 0 Å². The molecule has 3 heteroatoms. The van der Waals surface area contributed by atoms with Crippen LogP contribution in [0.2, 0.25) is 5.02 Å². The molecule has 0 aliphatic rings. The van der Waals surface area contributed by atoms with Gasteiger partial charge in [0.2, 0.25) is 0 Å². The van der Waals surface area contributed by atoms with Crippen LogP contribution in [-0.4, -0.2) is 5.11 Å². The van der Waals surface area contributed by atoms with Crippen LogP contribution < -0.4 is 0 Å². The Balaban J connectivity index is 2.26. The number of hydrogen-bond donors (Lipinski definition) is 1. The second kappa shape index (κ2) is 5.48. The minimum absolute atomic E-state index is 0.322. The first-order valence-electron chi connectivity index (χ1n) is 5.44.